The van der Waals surface area contributed by atoms with Crippen molar-refractivity contribution in [3.05, 3.63) is 0 Å². The summed E-state index contributed by atoms with van der Waals surface area (Å²) in [6.07, 6.45) is 5.62. The topological polar surface area (TPSA) is 41.7 Å². The predicted molar refractivity (Wildman–Crippen MR) is 79.4 cm³/mol. The molecule has 2 heterocycles. The first-order valence-electron chi connectivity index (χ1n) is 7.91. The number of hydrogen-bond acceptors (Lipinski definition) is 4. The van der Waals surface area contributed by atoms with Gasteiger partial charge in [-0.2, -0.15) is 0 Å². The fraction of sp³-hybridized carbons (Fsp3) is 1.00. The Balaban J connectivity index is 1.60. The predicted octanol–water partition coefficient (Wildman–Crippen LogP) is 1.30. The van der Waals surface area contributed by atoms with Crippen LogP contribution in [0.25, 0.3) is 0 Å². The van der Waals surface area contributed by atoms with E-state index in [0.29, 0.717) is 6.10 Å². The molecule has 0 spiro atoms. The van der Waals surface area contributed by atoms with Crippen molar-refractivity contribution in [1.82, 2.24) is 9.80 Å². The summed E-state index contributed by atoms with van der Waals surface area (Å²) in [5.41, 5.74) is 6.01. The molecule has 0 aromatic carbocycles. The summed E-state index contributed by atoms with van der Waals surface area (Å²) in [6, 6.07) is 0. The Hall–Kier alpha value is -0.160. The minimum atomic E-state index is 0.157. The normalized spacial score (nSPS) is 27.0. The van der Waals surface area contributed by atoms with E-state index in [1.807, 2.05) is 0 Å². The van der Waals surface area contributed by atoms with E-state index >= 15 is 0 Å². The average molecular weight is 269 g/mol. The van der Waals surface area contributed by atoms with Gasteiger partial charge in [0.15, 0.2) is 0 Å². The molecule has 1 unspecified atom stereocenters. The number of rotatable bonds is 6. The molecule has 1 atom stereocenters. The molecule has 2 rings (SSSR count). The van der Waals surface area contributed by atoms with Crippen LogP contribution >= 0.6 is 0 Å². The number of ether oxygens (including phenoxy) is 1. The van der Waals surface area contributed by atoms with Crippen LogP contribution in [0, 0.1) is 0 Å². The van der Waals surface area contributed by atoms with Crippen LogP contribution < -0.4 is 5.73 Å². The lowest BCUT2D eigenvalue weighted by molar-refractivity contribution is 0.0522. The maximum absolute atomic E-state index is 5.85. The molecule has 0 amide bonds. The van der Waals surface area contributed by atoms with E-state index < -0.39 is 0 Å². The summed E-state index contributed by atoms with van der Waals surface area (Å²) in [5.74, 6) is 0. The number of hydrogen-bond donors (Lipinski definition) is 1. The summed E-state index contributed by atoms with van der Waals surface area (Å²) in [4.78, 5) is 5.13. The smallest absolute Gasteiger partial charge is 0.0576 e. The molecule has 2 saturated heterocycles. The molecular weight excluding hydrogens is 238 g/mol. The van der Waals surface area contributed by atoms with Crippen LogP contribution in [0.4, 0.5) is 0 Å². The van der Waals surface area contributed by atoms with Gasteiger partial charge in [-0.1, -0.05) is 0 Å². The maximum Gasteiger partial charge on any atom is 0.0576 e. The highest BCUT2D eigenvalue weighted by Gasteiger charge is 2.28. The zero-order chi connectivity index (χ0) is 13.7. The van der Waals surface area contributed by atoms with Gasteiger partial charge in [0.05, 0.1) is 6.10 Å². The average Bonchev–Trinajstić information content (AvgIpc) is 2.92. The van der Waals surface area contributed by atoms with Gasteiger partial charge in [-0.3, -0.25) is 4.90 Å². The third kappa shape index (κ3) is 4.42. The van der Waals surface area contributed by atoms with Gasteiger partial charge in [0, 0.05) is 44.9 Å². The number of nitrogens with two attached hydrogens (primary N) is 1. The van der Waals surface area contributed by atoms with Crippen LogP contribution in [0.15, 0.2) is 0 Å². The van der Waals surface area contributed by atoms with Gasteiger partial charge in [0.25, 0.3) is 0 Å². The van der Waals surface area contributed by atoms with Crippen molar-refractivity contribution in [2.75, 3.05) is 45.9 Å². The van der Waals surface area contributed by atoms with E-state index in [1.54, 1.807) is 0 Å². The molecule has 4 heteroatoms. The van der Waals surface area contributed by atoms with Crippen molar-refractivity contribution in [2.24, 2.45) is 5.73 Å². The molecule has 0 aliphatic carbocycles. The van der Waals surface area contributed by atoms with E-state index in [4.69, 9.17) is 10.5 Å². The van der Waals surface area contributed by atoms with Crippen LogP contribution in [0.2, 0.25) is 0 Å². The fourth-order valence-corrected chi connectivity index (χ4v) is 3.12. The third-order valence-electron chi connectivity index (χ3n) is 4.75. The van der Waals surface area contributed by atoms with Gasteiger partial charge >= 0.3 is 0 Å². The first-order valence-corrected chi connectivity index (χ1v) is 7.91. The maximum atomic E-state index is 5.85. The first kappa shape index (κ1) is 15.2. The molecule has 4 nitrogen and oxygen atoms in total. The summed E-state index contributed by atoms with van der Waals surface area (Å²) in [7, 11) is 0. The van der Waals surface area contributed by atoms with Gasteiger partial charge in [-0.05, 0) is 46.1 Å². The van der Waals surface area contributed by atoms with Crippen LogP contribution in [0.5, 0.6) is 0 Å². The summed E-state index contributed by atoms with van der Waals surface area (Å²) >= 11 is 0. The monoisotopic (exact) mass is 269 g/mol. The highest BCUT2D eigenvalue weighted by Crippen LogP contribution is 2.18. The van der Waals surface area contributed by atoms with Crippen LogP contribution in [-0.2, 0) is 4.74 Å². The Morgan fingerprint density at radius 3 is 2.53 bits per heavy atom. The molecule has 0 aromatic heterocycles. The van der Waals surface area contributed by atoms with E-state index in [0.717, 1.165) is 26.2 Å². The molecule has 19 heavy (non-hydrogen) atoms. The highest BCUT2D eigenvalue weighted by molar-refractivity contribution is 4.86. The molecule has 0 bridgehead atoms. The molecule has 0 saturated carbocycles. The minimum absolute atomic E-state index is 0.157. The molecular formula is C15H31N3O. The van der Waals surface area contributed by atoms with Gasteiger partial charge in [-0.15, -0.1) is 0 Å². The second kappa shape index (κ2) is 7.02. The van der Waals surface area contributed by atoms with E-state index in [9.17, 15) is 0 Å². The number of piperazine rings is 1. The summed E-state index contributed by atoms with van der Waals surface area (Å²) in [5, 5.41) is 0. The van der Waals surface area contributed by atoms with Crippen molar-refractivity contribution >= 4 is 0 Å². The molecule has 0 aromatic rings. The van der Waals surface area contributed by atoms with Crippen LogP contribution in [-0.4, -0.2) is 67.3 Å². The van der Waals surface area contributed by atoms with Crippen molar-refractivity contribution in [3.63, 3.8) is 0 Å². The highest BCUT2D eigenvalue weighted by atomic mass is 16.5. The molecule has 112 valence electrons. The molecule has 2 N–H and O–H groups in total. The summed E-state index contributed by atoms with van der Waals surface area (Å²) in [6.45, 7) is 12.2. The fourth-order valence-electron chi connectivity index (χ4n) is 3.12. The van der Waals surface area contributed by atoms with Gasteiger partial charge < -0.3 is 15.4 Å². The van der Waals surface area contributed by atoms with Gasteiger partial charge in [-0.25, -0.2) is 0 Å². The number of nitrogens with zero attached hydrogens (tertiary/aromatic N) is 2. The van der Waals surface area contributed by atoms with E-state index in [-0.39, 0.29) is 5.54 Å². The Kier molecular flexibility index (Phi) is 5.63. The summed E-state index contributed by atoms with van der Waals surface area (Å²) < 4.78 is 5.68. The minimum Gasteiger partial charge on any atom is -0.378 e. The van der Waals surface area contributed by atoms with E-state index in [1.165, 1.54) is 45.3 Å². The zero-order valence-electron chi connectivity index (χ0n) is 12.7. The van der Waals surface area contributed by atoms with Crippen molar-refractivity contribution in [1.29, 1.82) is 0 Å². The zero-order valence-corrected chi connectivity index (χ0v) is 12.7. The molecule has 2 aliphatic heterocycles. The Morgan fingerprint density at radius 2 is 1.95 bits per heavy atom. The van der Waals surface area contributed by atoms with Crippen molar-refractivity contribution < 1.29 is 4.74 Å². The van der Waals surface area contributed by atoms with E-state index in [2.05, 4.69) is 23.6 Å². The quantitative estimate of drug-likeness (QED) is 0.789. The Labute approximate surface area is 118 Å². The Morgan fingerprint density at radius 1 is 1.21 bits per heavy atom. The standard InChI is InChI=1S/C15H31N3O/c1-15(2,13-16)18-10-8-17(9-11-18)7-3-5-14-6-4-12-19-14/h14H,3-13,16H2,1-2H3. The molecule has 2 aliphatic rings. The second-order valence-electron chi connectivity index (χ2n) is 6.62. The lowest BCUT2D eigenvalue weighted by atomic mass is 10.0. The third-order valence-corrected chi connectivity index (χ3v) is 4.75. The Bertz CT molecular complexity index is 256. The lowest BCUT2D eigenvalue weighted by Crippen LogP contribution is -2.57. The SMILES string of the molecule is CC(C)(CN)N1CCN(CCCC2CCCO2)CC1. The first-order chi connectivity index (χ1) is 9.12. The molecule has 0 radical (unpaired) electrons. The lowest BCUT2D eigenvalue weighted by Gasteiger charge is -2.43. The van der Waals surface area contributed by atoms with Crippen LogP contribution in [0.3, 0.4) is 0 Å². The van der Waals surface area contributed by atoms with Crippen LogP contribution in [0.1, 0.15) is 39.5 Å². The largest absolute Gasteiger partial charge is 0.378 e. The second-order valence-corrected chi connectivity index (χ2v) is 6.62. The molecule has 2 fully saturated rings. The van der Waals surface area contributed by atoms with Crippen molar-refractivity contribution in [2.45, 2.75) is 51.2 Å². The van der Waals surface area contributed by atoms with Gasteiger partial charge in [0.2, 0.25) is 0 Å². The van der Waals surface area contributed by atoms with Gasteiger partial charge in [0.1, 0.15) is 0 Å². The van der Waals surface area contributed by atoms with Crippen molar-refractivity contribution in [3.8, 4) is 0 Å².